The fourth-order valence-electron chi connectivity index (χ4n) is 2.79. The second kappa shape index (κ2) is 11.5. The number of carbonyl (C=O) groups excluding carboxylic acids is 2. The second-order valence-electron chi connectivity index (χ2n) is 6.69. The van der Waals surface area contributed by atoms with Crippen molar-refractivity contribution >= 4 is 35.3 Å². The lowest BCUT2D eigenvalue weighted by atomic mass is 10.2. The van der Waals surface area contributed by atoms with Crippen LogP contribution in [0.15, 0.2) is 71.8 Å². The third-order valence-electron chi connectivity index (χ3n) is 4.39. The van der Waals surface area contributed by atoms with Crippen molar-refractivity contribution in [3.8, 4) is 17.2 Å². The molecule has 170 valence electrons. The first-order valence-corrected chi connectivity index (χ1v) is 10.2. The van der Waals surface area contributed by atoms with Gasteiger partial charge in [0.05, 0.1) is 25.5 Å². The van der Waals surface area contributed by atoms with Crippen molar-refractivity contribution < 1.29 is 23.8 Å². The van der Waals surface area contributed by atoms with Crippen molar-refractivity contribution in [3.63, 3.8) is 0 Å². The molecule has 2 N–H and O–H groups in total. The van der Waals surface area contributed by atoms with Crippen LogP contribution in [0.3, 0.4) is 0 Å². The number of carbonyl (C=O) groups is 2. The van der Waals surface area contributed by atoms with Crippen LogP contribution >= 0.6 is 11.6 Å². The topological polar surface area (TPSA) is 98.2 Å². The third kappa shape index (κ3) is 6.72. The highest BCUT2D eigenvalue weighted by atomic mass is 35.5. The molecule has 3 rings (SSSR count). The molecule has 0 bridgehead atoms. The number of nitrogens with one attached hydrogen (secondary N) is 2. The summed E-state index contributed by atoms with van der Waals surface area (Å²) in [4.78, 5) is 24.1. The molecule has 0 fully saturated rings. The van der Waals surface area contributed by atoms with Gasteiger partial charge in [0, 0.05) is 11.8 Å². The third-order valence-corrected chi connectivity index (χ3v) is 4.67. The quantitative estimate of drug-likeness (QED) is 0.296. The summed E-state index contributed by atoms with van der Waals surface area (Å²) in [5.41, 5.74) is 4.11. The van der Waals surface area contributed by atoms with E-state index >= 15 is 0 Å². The van der Waals surface area contributed by atoms with E-state index < -0.39 is 11.8 Å². The Labute approximate surface area is 196 Å². The van der Waals surface area contributed by atoms with Gasteiger partial charge >= 0.3 is 11.8 Å². The van der Waals surface area contributed by atoms with Crippen LogP contribution in [0.2, 0.25) is 5.02 Å². The molecule has 3 aromatic carbocycles. The SMILES string of the molecule is COc1cccc(NC(=O)C(=O)N/N=C\c2cc(Cl)c(OCc3ccccc3)c(OC)c2)c1. The molecule has 0 aromatic heterocycles. The number of halogens is 1. The second-order valence-corrected chi connectivity index (χ2v) is 7.10. The lowest BCUT2D eigenvalue weighted by molar-refractivity contribution is -0.136. The van der Waals surface area contributed by atoms with Gasteiger partial charge in [-0.3, -0.25) is 9.59 Å². The molecule has 0 aliphatic heterocycles. The standard InChI is InChI=1S/C24H22ClN3O5/c1-31-19-10-6-9-18(13-19)27-23(29)24(30)28-26-14-17-11-20(25)22(21(12-17)32-2)33-15-16-7-4-3-5-8-16/h3-14H,15H2,1-2H3,(H,27,29)(H,28,30)/b26-14-. The minimum atomic E-state index is -0.935. The van der Waals surface area contributed by atoms with Crippen LogP contribution < -0.4 is 25.0 Å². The van der Waals surface area contributed by atoms with Crippen molar-refractivity contribution in [3.05, 3.63) is 82.9 Å². The minimum Gasteiger partial charge on any atom is -0.497 e. The molecule has 0 aliphatic rings. The molecule has 0 atom stereocenters. The van der Waals surface area contributed by atoms with Crippen LogP contribution in [0.25, 0.3) is 0 Å². The molecular formula is C24H22ClN3O5. The number of anilines is 1. The van der Waals surface area contributed by atoms with Gasteiger partial charge in [-0.15, -0.1) is 0 Å². The maximum absolute atomic E-state index is 12.0. The predicted octanol–water partition coefficient (Wildman–Crippen LogP) is 4.03. The van der Waals surface area contributed by atoms with Crippen molar-refractivity contribution in [2.24, 2.45) is 5.10 Å². The van der Waals surface area contributed by atoms with Gasteiger partial charge in [0.25, 0.3) is 0 Å². The van der Waals surface area contributed by atoms with E-state index in [1.54, 1.807) is 36.4 Å². The number of hydrogen-bond donors (Lipinski definition) is 2. The van der Waals surface area contributed by atoms with Gasteiger partial charge in [-0.1, -0.05) is 48.0 Å². The van der Waals surface area contributed by atoms with Crippen LogP contribution in [-0.4, -0.2) is 32.2 Å². The van der Waals surface area contributed by atoms with Gasteiger partial charge in [0.15, 0.2) is 11.5 Å². The Kier molecular flexibility index (Phi) is 8.26. The highest BCUT2D eigenvalue weighted by molar-refractivity contribution is 6.39. The number of hydrazone groups is 1. The number of rotatable bonds is 8. The molecule has 0 saturated carbocycles. The summed E-state index contributed by atoms with van der Waals surface area (Å²) in [5.74, 6) is -0.465. The Hall–Kier alpha value is -4.04. The summed E-state index contributed by atoms with van der Waals surface area (Å²) in [7, 11) is 3.00. The molecule has 33 heavy (non-hydrogen) atoms. The number of nitrogens with zero attached hydrogens (tertiary/aromatic N) is 1. The van der Waals surface area contributed by atoms with Crippen LogP contribution in [0.1, 0.15) is 11.1 Å². The maximum Gasteiger partial charge on any atom is 0.329 e. The van der Waals surface area contributed by atoms with Gasteiger partial charge in [0.1, 0.15) is 12.4 Å². The summed E-state index contributed by atoms with van der Waals surface area (Å²) >= 11 is 6.36. The fraction of sp³-hybridized carbons (Fsp3) is 0.125. The largest absolute Gasteiger partial charge is 0.497 e. The summed E-state index contributed by atoms with van der Waals surface area (Å²) in [6.45, 7) is 0.322. The lowest BCUT2D eigenvalue weighted by Gasteiger charge is -2.13. The summed E-state index contributed by atoms with van der Waals surface area (Å²) in [6.07, 6.45) is 1.34. The zero-order valence-electron chi connectivity index (χ0n) is 18.0. The zero-order valence-corrected chi connectivity index (χ0v) is 18.8. The van der Waals surface area contributed by atoms with E-state index in [0.29, 0.717) is 40.1 Å². The Morgan fingerprint density at radius 3 is 2.48 bits per heavy atom. The number of benzene rings is 3. The molecule has 9 heteroatoms. The molecule has 0 aliphatic carbocycles. The maximum atomic E-state index is 12.0. The molecule has 0 unspecified atom stereocenters. The molecule has 0 spiro atoms. The Morgan fingerprint density at radius 1 is 0.970 bits per heavy atom. The number of amides is 2. The molecule has 0 saturated heterocycles. The van der Waals surface area contributed by atoms with Gasteiger partial charge < -0.3 is 19.5 Å². The lowest BCUT2D eigenvalue weighted by Crippen LogP contribution is -2.32. The van der Waals surface area contributed by atoms with Gasteiger partial charge in [-0.2, -0.15) is 5.10 Å². The minimum absolute atomic E-state index is 0.314. The summed E-state index contributed by atoms with van der Waals surface area (Å²) in [5, 5.41) is 6.59. The molecule has 0 heterocycles. The average Bonchev–Trinajstić information content (AvgIpc) is 2.83. The highest BCUT2D eigenvalue weighted by Crippen LogP contribution is 2.36. The Morgan fingerprint density at radius 2 is 1.76 bits per heavy atom. The van der Waals surface area contributed by atoms with Crippen LogP contribution in [-0.2, 0) is 16.2 Å². The summed E-state index contributed by atoms with van der Waals surface area (Å²) in [6, 6.07) is 19.5. The van der Waals surface area contributed by atoms with Crippen LogP contribution in [0, 0.1) is 0 Å². The van der Waals surface area contributed by atoms with E-state index in [2.05, 4.69) is 15.8 Å². The molecule has 2 amide bonds. The first-order valence-electron chi connectivity index (χ1n) is 9.83. The van der Waals surface area contributed by atoms with Crippen molar-refractivity contribution in [1.82, 2.24) is 5.43 Å². The highest BCUT2D eigenvalue weighted by Gasteiger charge is 2.14. The van der Waals surface area contributed by atoms with E-state index in [-0.39, 0.29) is 0 Å². The normalized spacial score (nSPS) is 10.5. The van der Waals surface area contributed by atoms with E-state index in [4.69, 9.17) is 25.8 Å². The number of methoxy groups -OCH3 is 2. The smallest absolute Gasteiger partial charge is 0.329 e. The zero-order chi connectivity index (χ0) is 23.6. The van der Waals surface area contributed by atoms with E-state index in [9.17, 15) is 9.59 Å². The molecule has 0 radical (unpaired) electrons. The van der Waals surface area contributed by atoms with Crippen molar-refractivity contribution in [2.45, 2.75) is 6.61 Å². The summed E-state index contributed by atoms with van der Waals surface area (Å²) < 4.78 is 16.3. The van der Waals surface area contributed by atoms with Crippen LogP contribution in [0.4, 0.5) is 5.69 Å². The number of hydrogen-bond acceptors (Lipinski definition) is 6. The Balaban J connectivity index is 1.61. The van der Waals surface area contributed by atoms with Gasteiger partial charge in [-0.25, -0.2) is 5.43 Å². The van der Waals surface area contributed by atoms with Crippen LogP contribution in [0.5, 0.6) is 17.2 Å². The fourth-order valence-corrected chi connectivity index (χ4v) is 3.06. The first kappa shape index (κ1) is 23.6. The molecule has 8 nitrogen and oxygen atoms in total. The number of ether oxygens (including phenoxy) is 3. The van der Waals surface area contributed by atoms with Crippen molar-refractivity contribution in [1.29, 1.82) is 0 Å². The van der Waals surface area contributed by atoms with Crippen molar-refractivity contribution in [2.75, 3.05) is 19.5 Å². The van der Waals surface area contributed by atoms with E-state index in [1.807, 2.05) is 30.3 Å². The van der Waals surface area contributed by atoms with Gasteiger partial charge in [-0.05, 0) is 35.4 Å². The molecule has 3 aromatic rings. The first-order chi connectivity index (χ1) is 16.0. The molecular weight excluding hydrogens is 446 g/mol. The average molecular weight is 468 g/mol. The van der Waals surface area contributed by atoms with E-state index in [0.717, 1.165) is 5.56 Å². The Bertz CT molecular complexity index is 1150. The van der Waals surface area contributed by atoms with E-state index in [1.165, 1.54) is 20.4 Å². The van der Waals surface area contributed by atoms with Gasteiger partial charge in [0.2, 0.25) is 0 Å². The predicted molar refractivity (Wildman–Crippen MR) is 126 cm³/mol. The monoisotopic (exact) mass is 467 g/mol.